The van der Waals surface area contributed by atoms with E-state index in [9.17, 15) is 0 Å². The fourth-order valence-corrected chi connectivity index (χ4v) is 3.06. The van der Waals surface area contributed by atoms with Crippen LogP contribution in [0.1, 0.15) is 27.2 Å². The summed E-state index contributed by atoms with van der Waals surface area (Å²) < 4.78 is 2.43. The van der Waals surface area contributed by atoms with Crippen LogP contribution in [-0.2, 0) is 0 Å². The molecule has 1 heteroatoms. The van der Waals surface area contributed by atoms with Crippen molar-refractivity contribution in [2.75, 3.05) is 0 Å². The van der Waals surface area contributed by atoms with E-state index < -0.39 is 0 Å². The van der Waals surface area contributed by atoms with Gasteiger partial charge >= 0.3 is 0 Å². The van der Waals surface area contributed by atoms with Crippen LogP contribution in [0.3, 0.4) is 0 Å². The van der Waals surface area contributed by atoms with Crippen LogP contribution in [0.4, 0.5) is 0 Å². The van der Waals surface area contributed by atoms with Crippen molar-refractivity contribution in [3.8, 4) is 0 Å². The van der Waals surface area contributed by atoms with Crippen molar-refractivity contribution in [3.05, 3.63) is 66.8 Å². The van der Waals surface area contributed by atoms with Crippen LogP contribution in [0.25, 0.3) is 27.5 Å². The number of fused-ring (bicyclic) bond motifs is 3. The Morgan fingerprint density at radius 3 is 2.05 bits per heavy atom. The Labute approximate surface area is 132 Å². The molecule has 1 nitrogen and oxygen atoms in total. The van der Waals surface area contributed by atoms with Crippen LogP contribution in [0.5, 0.6) is 0 Å². The summed E-state index contributed by atoms with van der Waals surface area (Å²) in [6.07, 6.45) is 7.62. The van der Waals surface area contributed by atoms with Gasteiger partial charge in [-0.25, -0.2) is 0 Å². The Morgan fingerprint density at radius 2 is 1.55 bits per heavy atom. The van der Waals surface area contributed by atoms with Gasteiger partial charge in [0, 0.05) is 16.5 Å². The normalized spacial score (nSPS) is 14.2. The molecule has 0 saturated carbocycles. The Bertz CT molecular complexity index is 795. The van der Waals surface area contributed by atoms with E-state index in [1.54, 1.807) is 0 Å². The van der Waals surface area contributed by atoms with Gasteiger partial charge in [-0.15, -0.1) is 0 Å². The van der Waals surface area contributed by atoms with E-state index in [1.807, 2.05) is 0 Å². The molecule has 2 aromatic carbocycles. The number of benzene rings is 2. The van der Waals surface area contributed by atoms with Crippen molar-refractivity contribution in [2.24, 2.45) is 5.92 Å². The summed E-state index contributed by atoms with van der Waals surface area (Å²) in [6, 6.07) is 17.4. The van der Waals surface area contributed by atoms with Crippen LogP contribution >= 0.6 is 0 Å². The number of hydrogen-bond acceptors (Lipinski definition) is 0. The lowest BCUT2D eigenvalue weighted by atomic mass is 10.0. The van der Waals surface area contributed by atoms with Crippen LogP contribution in [0.2, 0.25) is 0 Å². The summed E-state index contributed by atoms with van der Waals surface area (Å²) in [5.41, 5.74) is 3.94. The Hall–Kier alpha value is -2.28. The molecular weight excluding hydrogens is 266 g/mol. The van der Waals surface area contributed by atoms with E-state index in [4.69, 9.17) is 0 Å². The predicted molar refractivity (Wildman–Crippen MR) is 98.0 cm³/mol. The summed E-state index contributed by atoms with van der Waals surface area (Å²) in [4.78, 5) is 0. The average Bonchev–Trinajstić information content (AvgIpc) is 2.90. The topological polar surface area (TPSA) is 4.93 Å². The maximum absolute atomic E-state index is 2.43. The van der Waals surface area contributed by atoms with Crippen molar-refractivity contribution in [2.45, 2.75) is 27.2 Å². The maximum atomic E-state index is 2.43. The van der Waals surface area contributed by atoms with Gasteiger partial charge in [-0.3, -0.25) is 0 Å². The molecule has 0 fully saturated rings. The fraction of sp³-hybridized carbons (Fsp3) is 0.238. The van der Waals surface area contributed by atoms with Crippen LogP contribution in [0.15, 0.2) is 66.8 Å². The monoisotopic (exact) mass is 289 g/mol. The lowest BCUT2D eigenvalue weighted by Crippen LogP contribution is -2.05. The highest BCUT2D eigenvalue weighted by atomic mass is 15.0. The molecule has 112 valence electrons. The molecule has 1 heterocycles. The smallest absolute Gasteiger partial charge is 0.0537 e. The molecule has 1 atom stereocenters. The van der Waals surface area contributed by atoms with E-state index in [0.29, 0.717) is 5.92 Å². The van der Waals surface area contributed by atoms with E-state index in [1.165, 1.54) is 27.5 Å². The standard InChI is InChI=1S/C21H23N/c1-4-6-13-19(16(3)5-2)22-20-14-9-7-11-17(20)18-12-8-10-15-21(18)22/h4,6-16H,5H2,1-3H3/b6-4-,19-13+. The summed E-state index contributed by atoms with van der Waals surface area (Å²) in [5, 5.41) is 2.65. The quantitative estimate of drug-likeness (QED) is 0.500. The number of nitrogens with zero attached hydrogens (tertiary/aromatic N) is 1. The molecule has 0 bridgehead atoms. The minimum atomic E-state index is 0.510. The Morgan fingerprint density at radius 1 is 1.00 bits per heavy atom. The average molecular weight is 289 g/mol. The predicted octanol–water partition coefficient (Wildman–Crippen LogP) is 6.26. The lowest BCUT2D eigenvalue weighted by molar-refractivity contribution is 0.690. The summed E-state index contributed by atoms with van der Waals surface area (Å²) in [6.45, 7) is 6.62. The first-order chi connectivity index (χ1) is 10.8. The zero-order valence-corrected chi connectivity index (χ0v) is 13.6. The summed E-state index contributed by atoms with van der Waals surface area (Å²) in [7, 11) is 0. The van der Waals surface area contributed by atoms with Gasteiger partial charge in [0.25, 0.3) is 0 Å². The third kappa shape index (κ3) is 2.37. The minimum Gasteiger partial charge on any atom is -0.313 e. The van der Waals surface area contributed by atoms with Crippen molar-refractivity contribution >= 4 is 27.5 Å². The van der Waals surface area contributed by atoms with Gasteiger partial charge < -0.3 is 4.57 Å². The SMILES string of the molecule is C/C=C\C=C(/C(C)CC)n1c2ccccc2c2ccccc21. The third-order valence-corrected chi connectivity index (χ3v) is 4.41. The van der Waals surface area contributed by atoms with Gasteiger partial charge in [-0.2, -0.15) is 0 Å². The van der Waals surface area contributed by atoms with Gasteiger partial charge in [0.05, 0.1) is 11.0 Å². The number of allylic oxidation sites excluding steroid dienone is 4. The Balaban J connectivity index is 2.40. The van der Waals surface area contributed by atoms with Crippen molar-refractivity contribution in [1.82, 2.24) is 4.57 Å². The van der Waals surface area contributed by atoms with Crippen LogP contribution in [-0.4, -0.2) is 4.57 Å². The molecule has 3 rings (SSSR count). The zero-order valence-electron chi connectivity index (χ0n) is 13.6. The second-order valence-corrected chi connectivity index (χ2v) is 5.80. The molecular formula is C21H23N. The minimum absolute atomic E-state index is 0.510. The van der Waals surface area contributed by atoms with E-state index in [-0.39, 0.29) is 0 Å². The van der Waals surface area contributed by atoms with Gasteiger partial charge in [-0.05, 0) is 37.5 Å². The first-order valence-corrected chi connectivity index (χ1v) is 8.09. The van der Waals surface area contributed by atoms with Crippen molar-refractivity contribution in [3.63, 3.8) is 0 Å². The Kier molecular flexibility index (Phi) is 4.15. The van der Waals surface area contributed by atoms with Crippen LogP contribution < -0.4 is 0 Å². The second-order valence-electron chi connectivity index (χ2n) is 5.80. The second kappa shape index (κ2) is 6.23. The fourth-order valence-electron chi connectivity index (χ4n) is 3.06. The molecule has 22 heavy (non-hydrogen) atoms. The van der Waals surface area contributed by atoms with Crippen molar-refractivity contribution < 1.29 is 0 Å². The number of rotatable bonds is 4. The maximum Gasteiger partial charge on any atom is 0.0537 e. The molecule has 0 saturated heterocycles. The molecule has 0 N–H and O–H groups in total. The first-order valence-electron chi connectivity index (χ1n) is 8.09. The summed E-state index contributed by atoms with van der Waals surface area (Å²) >= 11 is 0. The lowest BCUT2D eigenvalue weighted by Gasteiger charge is -2.18. The zero-order chi connectivity index (χ0) is 15.5. The first kappa shape index (κ1) is 14.6. The van der Waals surface area contributed by atoms with E-state index >= 15 is 0 Å². The molecule has 3 aromatic rings. The molecule has 0 amide bonds. The molecule has 0 aliphatic rings. The van der Waals surface area contributed by atoms with E-state index in [2.05, 4.69) is 92.1 Å². The van der Waals surface area contributed by atoms with Crippen molar-refractivity contribution in [1.29, 1.82) is 0 Å². The van der Waals surface area contributed by atoms with Gasteiger partial charge in [0.2, 0.25) is 0 Å². The third-order valence-electron chi connectivity index (χ3n) is 4.41. The largest absolute Gasteiger partial charge is 0.313 e. The highest BCUT2D eigenvalue weighted by Crippen LogP contribution is 2.34. The number of para-hydroxylation sites is 2. The molecule has 0 spiro atoms. The van der Waals surface area contributed by atoms with Gasteiger partial charge in [0.15, 0.2) is 0 Å². The highest BCUT2D eigenvalue weighted by molar-refractivity contribution is 6.10. The molecule has 1 aromatic heterocycles. The highest BCUT2D eigenvalue weighted by Gasteiger charge is 2.15. The molecule has 0 radical (unpaired) electrons. The number of aromatic nitrogens is 1. The van der Waals surface area contributed by atoms with Crippen LogP contribution in [0, 0.1) is 5.92 Å². The van der Waals surface area contributed by atoms with Gasteiger partial charge in [0.1, 0.15) is 0 Å². The molecule has 0 aliphatic heterocycles. The number of hydrogen-bond donors (Lipinski definition) is 0. The summed E-state index contributed by atoms with van der Waals surface area (Å²) in [5.74, 6) is 0.510. The van der Waals surface area contributed by atoms with E-state index in [0.717, 1.165) is 6.42 Å². The van der Waals surface area contributed by atoms with Gasteiger partial charge in [-0.1, -0.05) is 62.4 Å². The molecule has 0 aliphatic carbocycles. The molecule has 1 unspecified atom stereocenters.